The summed E-state index contributed by atoms with van der Waals surface area (Å²) in [6.45, 7) is 4.01. The molecule has 0 fully saturated rings. The Bertz CT molecular complexity index is 1350. The number of carbonyl (C=O) groups excluding carboxylic acids is 1. The number of nitrogens with one attached hydrogen (secondary N) is 2. The number of carbonyl (C=O) groups is 1. The molecule has 0 bridgehead atoms. The molecule has 0 radical (unpaired) electrons. The van der Waals surface area contributed by atoms with E-state index in [1.807, 2.05) is 6.92 Å². The number of hydrogen-bond donors (Lipinski definition) is 4. The van der Waals surface area contributed by atoms with Crippen LogP contribution in [0.4, 0.5) is 11.6 Å². The zero-order chi connectivity index (χ0) is 24.9. The number of pyridine rings is 1. The Morgan fingerprint density at radius 1 is 1.12 bits per heavy atom. The molecule has 6 N–H and O–H groups in total. The van der Waals surface area contributed by atoms with Crippen molar-refractivity contribution in [2.45, 2.75) is 38.3 Å². The molecule has 2 aromatic heterocycles. The molecule has 1 amide bonds. The number of primary sulfonamides is 1. The van der Waals surface area contributed by atoms with E-state index in [9.17, 15) is 18.0 Å². The predicted octanol–water partition coefficient (Wildman–Crippen LogP) is 0.456. The van der Waals surface area contributed by atoms with Gasteiger partial charge < -0.3 is 16.4 Å². The molecule has 0 saturated heterocycles. The SMILES string of the molecule is Cc1nc(N)ccc1CNC(=O)Cn1c(C)cnc(NCCc2ccc(S(N)(=O)=O)cc2)c1=O. The van der Waals surface area contributed by atoms with Crippen LogP contribution in [0.15, 0.2) is 52.3 Å². The Hall–Kier alpha value is -3.77. The van der Waals surface area contributed by atoms with Crippen molar-refractivity contribution in [1.82, 2.24) is 19.9 Å². The maximum Gasteiger partial charge on any atom is 0.293 e. The average Bonchev–Trinajstić information content (AvgIpc) is 2.77. The van der Waals surface area contributed by atoms with Crippen molar-refractivity contribution in [3.63, 3.8) is 0 Å². The zero-order valence-corrected chi connectivity index (χ0v) is 19.7. The van der Waals surface area contributed by atoms with Gasteiger partial charge in [0.25, 0.3) is 5.56 Å². The second kappa shape index (κ2) is 10.4. The molecule has 2 heterocycles. The summed E-state index contributed by atoms with van der Waals surface area (Å²) in [4.78, 5) is 33.7. The summed E-state index contributed by atoms with van der Waals surface area (Å²) in [5, 5.41) is 10.9. The van der Waals surface area contributed by atoms with Crippen LogP contribution in [0.2, 0.25) is 0 Å². The third kappa shape index (κ3) is 6.39. The number of benzene rings is 1. The maximum absolute atomic E-state index is 12.8. The Labute approximate surface area is 197 Å². The van der Waals surface area contributed by atoms with Crippen LogP contribution >= 0.6 is 0 Å². The van der Waals surface area contributed by atoms with Crippen molar-refractivity contribution >= 4 is 27.6 Å². The number of nitrogen functional groups attached to an aromatic ring is 1. The first-order valence-electron chi connectivity index (χ1n) is 10.5. The summed E-state index contributed by atoms with van der Waals surface area (Å²) < 4.78 is 24.0. The van der Waals surface area contributed by atoms with Gasteiger partial charge in [-0.1, -0.05) is 18.2 Å². The minimum Gasteiger partial charge on any atom is -0.384 e. The van der Waals surface area contributed by atoms with E-state index in [2.05, 4.69) is 20.6 Å². The highest BCUT2D eigenvalue weighted by molar-refractivity contribution is 7.89. The van der Waals surface area contributed by atoms with Gasteiger partial charge in [0.2, 0.25) is 15.9 Å². The molecule has 0 aliphatic heterocycles. The van der Waals surface area contributed by atoms with E-state index < -0.39 is 15.6 Å². The number of nitrogens with zero attached hydrogens (tertiary/aromatic N) is 3. The second-order valence-electron chi connectivity index (χ2n) is 7.76. The van der Waals surface area contributed by atoms with Crippen molar-refractivity contribution in [3.8, 4) is 0 Å². The number of aromatic nitrogens is 3. The van der Waals surface area contributed by atoms with E-state index in [-0.39, 0.29) is 29.7 Å². The molecule has 0 aliphatic rings. The minimum atomic E-state index is -3.74. The summed E-state index contributed by atoms with van der Waals surface area (Å²) >= 11 is 0. The number of nitrogens with two attached hydrogens (primary N) is 2. The van der Waals surface area contributed by atoms with Crippen LogP contribution in [-0.4, -0.2) is 35.4 Å². The van der Waals surface area contributed by atoms with Gasteiger partial charge in [0.1, 0.15) is 12.4 Å². The third-order valence-corrected chi connectivity index (χ3v) is 6.14. The second-order valence-corrected chi connectivity index (χ2v) is 9.32. The van der Waals surface area contributed by atoms with Crippen LogP contribution in [0.5, 0.6) is 0 Å². The molecule has 12 heteroatoms. The summed E-state index contributed by atoms with van der Waals surface area (Å²) in [6, 6.07) is 9.64. The fraction of sp³-hybridized carbons (Fsp3) is 0.273. The van der Waals surface area contributed by atoms with E-state index in [1.54, 1.807) is 31.2 Å². The Morgan fingerprint density at radius 2 is 1.82 bits per heavy atom. The van der Waals surface area contributed by atoms with Gasteiger partial charge in [-0.15, -0.1) is 0 Å². The zero-order valence-electron chi connectivity index (χ0n) is 18.9. The highest BCUT2D eigenvalue weighted by Crippen LogP contribution is 2.10. The van der Waals surface area contributed by atoms with Crippen LogP contribution < -0.4 is 27.1 Å². The first kappa shape index (κ1) is 24.9. The van der Waals surface area contributed by atoms with Gasteiger partial charge in [0, 0.05) is 30.7 Å². The van der Waals surface area contributed by atoms with Gasteiger partial charge in [-0.05, 0) is 49.6 Å². The number of aryl methyl sites for hydroxylation is 2. The first-order chi connectivity index (χ1) is 16.0. The number of hydrogen-bond acceptors (Lipinski definition) is 8. The standard InChI is InChI=1S/C22H27N7O4S/c1-14-11-27-21(25-10-9-16-3-6-18(7-4-16)34(24,32)33)22(31)29(14)13-20(30)26-12-17-5-8-19(23)28-15(17)2/h3-8,11H,9-10,12-13H2,1-2H3,(H2,23,28)(H,25,27)(H,26,30)(H2,24,32,33). The highest BCUT2D eigenvalue weighted by Gasteiger charge is 2.12. The minimum absolute atomic E-state index is 0.0355. The lowest BCUT2D eigenvalue weighted by molar-refractivity contribution is -0.121. The number of rotatable bonds is 9. The molecule has 1 aromatic carbocycles. The number of anilines is 2. The molecular formula is C22H27N7O4S. The molecule has 0 aliphatic carbocycles. The van der Waals surface area contributed by atoms with Crippen LogP contribution in [0.3, 0.4) is 0 Å². The van der Waals surface area contributed by atoms with Gasteiger partial charge in [-0.2, -0.15) is 0 Å². The lowest BCUT2D eigenvalue weighted by atomic mass is 10.1. The van der Waals surface area contributed by atoms with Gasteiger partial charge in [0.05, 0.1) is 4.90 Å². The third-order valence-electron chi connectivity index (χ3n) is 5.21. The predicted molar refractivity (Wildman–Crippen MR) is 128 cm³/mol. The summed E-state index contributed by atoms with van der Waals surface area (Å²) in [5.74, 6) is 0.207. The lowest BCUT2D eigenvalue weighted by Gasteiger charge is -2.13. The summed E-state index contributed by atoms with van der Waals surface area (Å²) in [7, 11) is -3.74. The topological polar surface area (TPSA) is 175 Å². The summed E-state index contributed by atoms with van der Waals surface area (Å²) in [5.41, 5.74) is 8.21. The van der Waals surface area contributed by atoms with E-state index in [1.165, 1.54) is 22.9 Å². The molecule has 3 rings (SSSR count). The number of amides is 1. The first-order valence-corrected chi connectivity index (χ1v) is 12.0. The monoisotopic (exact) mass is 485 g/mol. The van der Waals surface area contributed by atoms with Gasteiger partial charge in [-0.3, -0.25) is 14.2 Å². The number of sulfonamides is 1. The molecule has 0 saturated carbocycles. The largest absolute Gasteiger partial charge is 0.384 e. The van der Waals surface area contributed by atoms with E-state index >= 15 is 0 Å². The Kier molecular flexibility index (Phi) is 7.64. The fourth-order valence-corrected chi connectivity index (χ4v) is 3.76. The van der Waals surface area contributed by atoms with Crippen LogP contribution in [0.1, 0.15) is 22.5 Å². The van der Waals surface area contributed by atoms with Crippen molar-refractivity contribution in [2.75, 3.05) is 17.6 Å². The van der Waals surface area contributed by atoms with Gasteiger partial charge >= 0.3 is 0 Å². The molecule has 11 nitrogen and oxygen atoms in total. The van der Waals surface area contributed by atoms with E-state index in [0.717, 1.165) is 16.8 Å². The summed E-state index contributed by atoms with van der Waals surface area (Å²) in [6.07, 6.45) is 2.04. The normalized spacial score (nSPS) is 11.3. The highest BCUT2D eigenvalue weighted by atomic mass is 32.2. The van der Waals surface area contributed by atoms with Gasteiger partial charge in [0.15, 0.2) is 5.82 Å². The average molecular weight is 486 g/mol. The van der Waals surface area contributed by atoms with Crippen LogP contribution in [-0.2, 0) is 34.3 Å². The van der Waals surface area contributed by atoms with Gasteiger partial charge in [-0.25, -0.2) is 23.5 Å². The quantitative estimate of drug-likeness (QED) is 0.338. The molecule has 3 aromatic rings. The lowest BCUT2D eigenvalue weighted by Crippen LogP contribution is -2.34. The molecule has 0 spiro atoms. The smallest absolute Gasteiger partial charge is 0.293 e. The van der Waals surface area contributed by atoms with Crippen molar-refractivity contribution < 1.29 is 13.2 Å². The van der Waals surface area contributed by atoms with E-state index in [0.29, 0.717) is 24.5 Å². The Morgan fingerprint density at radius 3 is 2.47 bits per heavy atom. The maximum atomic E-state index is 12.8. The Balaban J connectivity index is 1.60. The molecular weight excluding hydrogens is 458 g/mol. The molecule has 180 valence electrons. The van der Waals surface area contributed by atoms with Crippen molar-refractivity contribution in [1.29, 1.82) is 0 Å². The molecule has 0 unspecified atom stereocenters. The van der Waals surface area contributed by atoms with Crippen LogP contribution in [0.25, 0.3) is 0 Å². The van der Waals surface area contributed by atoms with Crippen molar-refractivity contribution in [3.05, 3.63) is 75.5 Å². The van der Waals surface area contributed by atoms with E-state index in [4.69, 9.17) is 10.9 Å². The fourth-order valence-electron chi connectivity index (χ4n) is 3.25. The molecule has 34 heavy (non-hydrogen) atoms. The van der Waals surface area contributed by atoms with Crippen molar-refractivity contribution in [2.24, 2.45) is 5.14 Å². The molecule has 0 atom stereocenters. The van der Waals surface area contributed by atoms with Crippen LogP contribution in [0, 0.1) is 13.8 Å².